The molecule has 2 aromatic carbocycles. The van der Waals surface area contributed by atoms with Crippen LogP contribution in [0.1, 0.15) is 41.7 Å². The number of rotatable bonds is 7. The monoisotopic (exact) mass is 508 g/mol. The zero-order chi connectivity index (χ0) is 26.3. The van der Waals surface area contributed by atoms with Crippen LogP contribution in [0.15, 0.2) is 48.7 Å². The van der Waals surface area contributed by atoms with Crippen LogP contribution >= 0.6 is 0 Å². The fourth-order valence-corrected chi connectivity index (χ4v) is 4.03. The Balaban J connectivity index is 1.32. The third kappa shape index (κ3) is 4.54. The van der Waals surface area contributed by atoms with Gasteiger partial charge in [-0.3, -0.25) is 14.4 Å². The van der Waals surface area contributed by atoms with Crippen molar-refractivity contribution in [2.24, 2.45) is 11.1 Å². The first-order valence-electron chi connectivity index (χ1n) is 11.4. The van der Waals surface area contributed by atoms with E-state index >= 15 is 4.39 Å². The number of hydrazine groups is 1. The maximum atomic E-state index is 15.0. The van der Waals surface area contributed by atoms with Crippen molar-refractivity contribution >= 4 is 34.9 Å². The van der Waals surface area contributed by atoms with E-state index in [9.17, 15) is 18.8 Å². The fraction of sp³-hybridized carbons (Fsp3) is 0.200. The lowest BCUT2D eigenvalue weighted by Gasteiger charge is -2.17. The van der Waals surface area contributed by atoms with Gasteiger partial charge in [0.05, 0.1) is 11.6 Å². The van der Waals surface area contributed by atoms with Gasteiger partial charge in [-0.25, -0.2) is 19.2 Å². The van der Waals surface area contributed by atoms with Gasteiger partial charge in [-0.15, -0.1) is 0 Å². The number of carbonyl (C=O) groups is 3. The highest BCUT2D eigenvalue weighted by molar-refractivity contribution is 6.16. The van der Waals surface area contributed by atoms with Crippen LogP contribution in [-0.2, 0) is 9.59 Å². The lowest BCUT2D eigenvalue weighted by atomic mass is 10.0. The van der Waals surface area contributed by atoms with Gasteiger partial charge in [0.1, 0.15) is 28.4 Å². The van der Waals surface area contributed by atoms with Crippen molar-refractivity contribution in [1.82, 2.24) is 10.4 Å². The molecule has 12 heteroatoms. The molecular weight excluding hydrogens is 486 g/mol. The minimum Gasteiger partial charge on any atom is -0.453 e. The van der Waals surface area contributed by atoms with Crippen molar-refractivity contribution in [3.05, 3.63) is 71.4 Å². The molecule has 10 nitrogen and oxygen atoms in total. The molecule has 1 saturated carbocycles. The predicted octanol–water partition coefficient (Wildman–Crippen LogP) is 3.60. The molecule has 5 rings (SSSR count). The molecule has 0 saturated heterocycles. The number of carbonyl (C=O) groups excluding carboxylic acids is 3. The molecule has 6 N–H and O–H groups in total. The van der Waals surface area contributed by atoms with E-state index in [1.165, 1.54) is 42.6 Å². The Labute approximate surface area is 209 Å². The molecule has 2 heterocycles. The highest BCUT2D eigenvalue weighted by atomic mass is 19.1. The molecule has 0 bridgehead atoms. The number of nitrogens with two attached hydrogens (primary N) is 1. The highest BCUT2D eigenvalue weighted by Crippen LogP contribution is 2.48. The molecule has 3 aromatic rings. The first-order valence-corrected chi connectivity index (χ1v) is 11.4. The average Bonchev–Trinajstić information content (AvgIpc) is 3.60. The number of nitrogens with zero attached hydrogens (tertiary/aromatic N) is 1. The summed E-state index contributed by atoms with van der Waals surface area (Å²) in [5, 5.41) is 5.18. The van der Waals surface area contributed by atoms with Gasteiger partial charge in [0.2, 0.25) is 11.8 Å². The largest absolute Gasteiger partial charge is 0.453 e. The Morgan fingerprint density at radius 2 is 1.70 bits per heavy atom. The van der Waals surface area contributed by atoms with E-state index in [1.807, 2.05) is 0 Å². The van der Waals surface area contributed by atoms with E-state index in [0.717, 1.165) is 6.07 Å². The number of benzene rings is 2. The van der Waals surface area contributed by atoms with Crippen molar-refractivity contribution in [2.45, 2.75) is 25.8 Å². The summed E-state index contributed by atoms with van der Waals surface area (Å²) in [6.45, 7) is 1.80. The van der Waals surface area contributed by atoms with E-state index in [4.69, 9.17) is 10.5 Å². The Kier molecular flexibility index (Phi) is 5.96. The zero-order valence-corrected chi connectivity index (χ0v) is 19.5. The lowest BCUT2D eigenvalue weighted by molar-refractivity contribution is -0.131. The first kappa shape index (κ1) is 24.1. The zero-order valence-electron chi connectivity index (χ0n) is 19.5. The summed E-state index contributed by atoms with van der Waals surface area (Å²) in [4.78, 5) is 41.7. The second kappa shape index (κ2) is 9.13. The van der Waals surface area contributed by atoms with Crippen LogP contribution in [0.25, 0.3) is 0 Å². The van der Waals surface area contributed by atoms with Crippen LogP contribution in [0.3, 0.4) is 0 Å². The third-order valence-corrected chi connectivity index (χ3v) is 6.30. The molecule has 1 unspecified atom stereocenters. The van der Waals surface area contributed by atoms with Crippen LogP contribution in [-0.4, -0.2) is 22.7 Å². The summed E-state index contributed by atoms with van der Waals surface area (Å²) in [7, 11) is 0. The summed E-state index contributed by atoms with van der Waals surface area (Å²) in [6.07, 6.45) is 1.87. The Morgan fingerprint density at radius 3 is 2.32 bits per heavy atom. The number of hydrogen-bond donors (Lipinski definition) is 5. The van der Waals surface area contributed by atoms with Gasteiger partial charge >= 0.3 is 0 Å². The first-order chi connectivity index (χ1) is 17.7. The molecule has 1 fully saturated rings. The molecule has 1 aliphatic heterocycles. The maximum Gasteiger partial charge on any atom is 0.254 e. The summed E-state index contributed by atoms with van der Waals surface area (Å²) < 4.78 is 33.9. The van der Waals surface area contributed by atoms with Gasteiger partial charge in [-0.05, 0) is 56.2 Å². The number of anilines is 3. The lowest BCUT2D eigenvalue weighted by Crippen LogP contribution is -2.35. The highest BCUT2D eigenvalue weighted by Gasteiger charge is 2.56. The number of pyridine rings is 1. The SMILES string of the molecule is CC1NNc2ncc(C(N)=O)c(Oc3ccc(NC(=O)C4(C(=O)Nc5ccc(F)cc5)CC4)cc3F)c21. The minimum atomic E-state index is -1.30. The summed E-state index contributed by atoms with van der Waals surface area (Å²) >= 11 is 0. The van der Waals surface area contributed by atoms with E-state index < -0.39 is 34.8 Å². The molecule has 0 radical (unpaired) electrons. The molecule has 1 atom stereocenters. The van der Waals surface area contributed by atoms with Crippen molar-refractivity contribution in [1.29, 1.82) is 0 Å². The van der Waals surface area contributed by atoms with Crippen LogP contribution < -0.4 is 32.0 Å². The third-order valence-electron chi connectivity index (χ3n) is 6.30. The van der Waals surface area contributed by atoms with Gasteiger partial charge in [0.25, 0.3) is 5.91 Å². The second-order valence-corrected chi connectivity index (χ2v) is 8.86. The fourth-order valence-electron chi connectivity index (χ4n) is 4.03. The summed E-state index contributed by atoms with van der Waals surface area (Å²) in [5.74, 6) is -2.89. The summed E-state index contributed by atoms with van der Waals surface area (Å²) in [5.41, 5.74) is 10.9. The Morgan fingerprint density at radius 1 is 1.05 bits per heavy atom. The number of fused-ring (bicyclic) bond motifs is 1. The number of aromatic nitrogens is 1. The van der Waals surface area contributed by atoms with E-state index in [0.29, 0.717) is 29.9 Å². The van der Waals surface area contributed by atoms with Gasteiger partial charge in [0, 0.05) is 23.6 Å². The normalized spacial score (nSPS) is 16.8. The van der Waals surface area contributed by atoms with E-state index in [1.54, 1.807) is 6.92 Å². The Hall–Kier alpha value is -4.58. The van der Waals surface area contributed by atoms with E-state index in [2.05, 4.69) is 26.5 Å². The molecule has 37 heavy (non-hydrogen) atoms. The quantitative estimate of drug-likeness (QED) is 0.306. The minimum absolute atomic E-state index is 0.0179. The molecule has 0 spiro atoms. The summed E-state index contributed by atoms with van der Waals surface area (Å²) in [6, 6.07) is 8.63. The van der Waals surface area contributed by atoms with Gasteiger partial charge in [-0.2, -0.15) is 0 Å². The molecule has 190 valence electrons. The number of ether oxygens (including phenoxy) is 1. The average molecular weight is 508 g/mol. The topological polar surface area (TPSA) is 147 Å². The van der Waals surface area contributed by atoms with Gasteiger partial charge in [-0.1, -0.05) is 0 Å². The molecule has 2 aliphatic rings. The van der Waals surface area contributed by atoms with Crippen LogP contribution in [0.5, 0.6) is 11.5 Å². The van der Waals surface area contributed by atoms with Crippen molar-refractivity contribution < 1.29 is 27.9 Å². The molecule has 1 aliphatic carbocycles. The smallest absolute Gasteiger partial charge is 0.254 e. The van der Waals surface area contributed by atoms with Gasteiger partial charge < -0.3 is 26.5 Å². The standard InChI is InChI=1S/C25H22F2N6O4/c1-12-19-20(16(21(28)34)11-29-22(19)33-32-12)37-18-7-6-15(10-17(18)27)31-24(36)25(8-9-25)23(35)30-14-4-2-13(26)3-5-14/h2-7,10-12,32H,8-9H2,1H3,(H2,28,34)(H,29,33)(H,30,35)(H,31,36). The van der Waals surface area contributed by atoms with Crippen molar-refractivity contribution in [2.75, 3.05) is 16.1 Å². The van der Waals surface area contributed by atoms with Crippen molar-refractivity contribution in [3.63, 3.8) is 0 Å². The predicted molar refractivity (Wildman–Crippen MR) is 130 cm³/mol. The number of amides is 3. The number of hydrogen-bond acceptors (Lipinski definition) is 7. The van der Waals surface area contributed by atoms with Crippen LogP contribution in [0, 0.1) is 17.0 Å². The van der Waals surface area contributed by atoms with Crippen LogP contribution in [0.2, 0.25) is 0 Å². The second-order valence-electron chi connectivity index (χ2n) is 8.86. The van der Waals surface area contributed by atoms with E-state index in [-0.39, 0.29) is 28.8 Å². The molecule has 3 amide bonds. The van der Waals surface area contributed by atoms with Gasteiger partial charge in [0.15, 0.2) is 11.6 Å². The maximum absolute atomic E-state index is 15.0. The van der Waals surface area contributed by atoms with Crippen LogP contribution in [0.4, 0.5) is 26.0 Å². The van der Waals surface area contributed by atoms with Crippen molar-refractivity contribution in [3.8, 4) is 11.5 Å². The molecule has 1 aromatic heterocycles. The number of primary amides is 1. The molecular formula is C25H22F2N6O4. The number of nitrogens with one attached hydrogen (secondary N) is 4. The number of halogens is 2. The Bertz CT molecular complexity index is 1430.